The third kappa shape index (κ3) is 2.16. The second-order valence-corrected chi connectivity index (χ2v) is 4.64. The molecule has 0 fully saturated rings. The summed E-state index contributed by atoms with van der Waals surface area (Å²) in [7, 11) is 0. The molecule has 0 unspecified atom stereocenters. The summed E-state index contributed by atoms with van der Waals surface area (Å²) >= 11 is 0. The van der Waals surface area contributed by atoms with Gasteiger partial charge in [-0.15, -0.1) is 0 Å². The number of nitrogen functional groups attached to an aromatic ring is 1. The molecule has 0 spiro atoms. The molecule has 0 radical (unpaired) electrons. The molecular weight excluding hydrogens is 255 g/mol. The maximum absolute atomic E-state index is 13.0. The largest absolute Gasteiger partial charge is 0.380 e. The van der Waals surface area contributed by atoms with Crippen molar-refractivity contribution in [2.75, 3.05) is 5.73 Å². The highest BCUT2D eigenvalue weighted by atomic mass is 19.1. The smallest absolute Gasteiger partial charge is 0.176 e. The zero-order valence-corrected chi connectivity index (χ0v) is 10.9. The number of nitrogens with two attached hydrogens (primary N) is 1. The standard InChI is InChI=1S/C16H13FN2O/c1-10-2-4-12(5-3-10)15-14(16(18)19-20-15)11-6-8-13(17)9-7-11/h2-9H,1H3,(H2,18,19). The minimum absolute atomic E-state index is 0.291. The monoisotopic (exact) mass is 268 g/mol. The minimum Gasteiger partial charge on any atom is -0.380 e. The van der Waals surface area contributed by atoms with Gasteiger partial charge in [0.15, 0.2) is 11.6 Å². The summed E-state index contributed by atoms with van der Waals surface area (Å²) in [5.41, 5.74) is 9.39. The summed E-state index contributed by atoms with van der Waals surface area (Å²) in [5, 5.41) is 3.82. The van der Waals surface area contributed by atoms with E-state index in [4.69, 9.17) is 10.3 Å². The first kappa shape index (κ1) is 12.4. The SMILES string of the molecule is Cc1ccc(-c2onc(N)c2-c2ccc(F)cc2)cc1. The molecule has 1 heterocycles. The molecule has 20 heavy (non-hydrogen) atoms. The summed E-state index contributed by atoms with van der Waals surface area (Å²) in [4.78, 5) is 0. The van der Waals surface area contributed by atoms with Gasteiger partial charge in [-0.2, -0.15) is 0 Å². The van der Waals surface area contributed by atoms with Crippen LogP contribution in [0.4, 0.5) is 10.2 Å². The van der Waals surface area contributed by atoms with Gasteiger partial charge in [-0.25, -0.2) is 4.39 Å². The molecule has 2 N–H and O–H groups in total. The van der Waals surface area contributed by atoms with Gasteiger partial charge in [0.05, 0.1) is 5.56 Å². The molecule has 0 saturated heterocycles. The van der Waals surface area contributed by atoms with E-state index in [1.165, 1.54) is 12.1 Å². The number of anilines is 1. The quantitative estimate of drug-likeness (QED) is 0.763. The second-order valence-electron chi connectivity index (χ2n) is 4.64. The van der Waals surface area contributed by atoms with Gasteiger partial charge in [0, 0.05) is 5.56 Å². The molecule has 0 aliphatic rings. The number of hydrogen-bond donors (Lipinski definition) is 1. The Kier molecular flexibility index (Phi) is 2.99. The molecule has 100 valence electrons. The predicted octanol–water partition coefficient (Wildman–Crippen LogP) is 4.04. The summed E-state index contributed by atoms with van der Waals surface area (Å²) in [5.74, 6) is 0.599. The topological polar surface area (TPSA) is 52.0 Å². The normalized spacial score (nSPS) is 10.7. The van der Waals surface area contributed by atoms with E-state index in [9.17, 15) is 4.39 Å². The summed E-state index contributed by atoms with van der Waals surface area (Å²) in [6, 6.07) is 14.0. The molecule has 0 aliphatic carbocycles. The van der Waals surface area contributed by atoms with Gasteiger partial charge < -0.3 is 10.3 Å². The highest BCUT2D eigenvalue weighted by molar-refractivity contribution is 5.86. The van der Waals surface area contributed by atoms with Gasteiger partial charge in [-0.3, -0.25) is 0 Å². The summed E-state index contributed by atoms with van der Waals surface area (Å²) in [6.07, 6.45) is 0. The van der Waals surface area contributed by atoms with Gasteiger partial charge in [0.2, 0.25) is 0 Å². The first-order valence-electron chi connectivity index (χ1n) is 6.23. The van der Waals surface area contributed by atoms with Crippen LogP contribution in [0, 0.1) is 12.7 Å². The second kappa shape index (κ2) is 4.81. The van der Waals surface area contributed by atoms with Gasteiger partial charge >= 0.3 is 0 Å². The van der Waals surface area contributed by atoms with Crippen LogP contribution in [-0.2, 0) is 0 Å². The van der Waals surface area contributed by atoms with Gasteiger partial charge in [0.1, 0.15) is 5.82 Å². The van der Waals surface area contributed by atoms with Crippen molar-refractivity contribution in [3.8, 4) is 22.5 Å². The van der Waals surface area contributed by atoms with E-state index >= 15 is 0 Å². The average Bonchev–Trinajstić information content (AvgIpc) is 2.83. The summed E-state index contributed by atoms with van der Waals surface area (Å²) < 4.78 is 18.4. The van der Waals surface area contributed by atoms with Crippen LogP contribution in [0.3, 0.4) is 0 Å². The minimum atomic E-state index is -0.291. The van der Waals surface area contributed by atoms with E-state index in [0.717, 1.165) is 16.7 Å². The highest BCUT2D eigenvalue weighted by Gasteiger charge is 2.17. The zero-order valence-electron chi connectivity index (χ0n) is 10.9. The Morgan fingerprint density at radius 2 is 1.55 bits per heavy atom. The lowest BCUT2D eigenvalue weighted by molar-refractivity contribution is 0.436. The van der Waals surface area contributed by atoms with Crippen LogP contribution in [0.2, 0.25) is 0 Å². The molecule has 0 bridgehead atoms. The molecule has 3 nitrogen and oxygen atoms in total. The Morgan fingerprint density at radius 1 is 0.950 bits per heavy atom. The van der Waals surface area contributed by atoms with Crippen LogP contribution >= 0.6 is 0 Å². The molecular formula is C16H13FN2O. The molecule has 0 atom stereocenters. The fraction of sp³-hybridized carbons (Fsp3) is 0.0625. The third-order valence-corrected chi connectivity index (χ3v) is 3.17. The first-order valence-corrected chi connectivity index (χ1v) is 6.23. The van der Waals surface area contributed by atoms with E-state index < -0.39 is 0 Å². The van der Waals surface area contributed by atoms with Crippen molar-refractivity contribution in [1.29, 1.82) is 0 Å². The van der Waals surface area contributed by atoms with Gasteiger partial charge in [-0.1, -0.05) is 47.1 Å². The Bertz CT molecular complexity index is 730. The van der Waals surface area contributed by atoms with Gasteiger partial charge in [0.25, 0.3) is 0 Å². The molecule has 3 rings (SSSR count). The van der Waals surface area contributed by atoms with E-state index in [1.807, 2.05) is 31.2 Å². The molecule has 1 aromatic heterocycles. The van der Waals surface area contributed by atoms with E-state index in [2.05, 4.69) is 5.16 Å². The van der Waals surface area contributed by atoms with E-state index in [0.29, 0.717) is 17.1 Å². The number of hydrogen-bond acceptors (Lipinski definition) is 3. The number of rotatable bonds is 2. The Balaban J connectivity index is 2.14. The number of halogens is 1. The van der Waals surface area contributed by atoms with Crippen molar-refractivity contribution in [2.45, 2.75) is 6.92 Å². The number of aromatic nitrogens is 1. The lowest BCUT2D eigenvalue weighted by Gasteiger charge is -2.03. The maximum atomic E-state index is 13.0. The Labute approximate surface area is 115 Å². The molecule has 3 aromatic rings. The fourth-order valence-corrected chi connectivity index (χ4v) is 2.10. The molecule has 4 heteroatoms. The lowest BCUT2D eigenvalue weighted by Crippen LogP contribution is -1.89. The molecule has 0 amide bonds. The van der Waals surface area contributed by atoms with Crippen LogP contribution < -0.4 is 5.73 Å². The van der Waals surface area contributed by atoms with Crippen LogP contribution in [0.5, 0.6) is 0 Å². The Morgan fingerprint density at radius 3 is 2.20 bits per heavy atom. The zero-order chi connectivity index (χ0) is 14.1. The van der Waals surface area contributed by atoms with Crippen molar-refractivity contribution in [1.82, 2.24) is 5.16 Å². The lowest BCUT2D eigenvalue weighted by atomic mass is 10.0. The number of aryl methyl sites for hydroxylation is 1. The van der Waals surface area contributed by atoms with Crippen molar-refractivity contribution in [3.05, 3.63) is 59.9 Å². The van der Waals surface area contributed by atoms with Crippen molar-refractivity contribution < 1.29 is 8.91 Å². The van der Waals surface area contributed by atoms with Crippen molar-refractivity contribution in [2.24, 2.45) is 0 Å². The van der Waals surface area contributed by atoms with Crippen LogP contribution in [0.15, 0.2) is 53.1 Å². The predicted molar refractivity (Wildman–Crippen MR) is 76.5 cm³/mol. The number of benzene rings is 2. The van der Waals surface area contributed by atoms with Crippen LogP contribution in [-0.4, -0.2) is 5.16 Å². The molecule has 0 aliphatic heterocycles. The number of nitrogens with zero attached hydrogens (tertiary/aromatic N) is 1. The molecule has 2 aromatic carbocycles. The van der Waals surface area contributed by atoms with Crippen LogP contribution in [0.25, 0.3) is 22.5 Å². The first-order chi connectivity index (χ1) is 9.65. The maximum Gasteiger partial charge on any atom is 0.176 e. The Hall–Kier alpha value is -2.62. The fourth-order valence-electron chi connectivity index (χ4n) is 2.10. The van der Waals surface area contributed by atoms with E-state index in [-0.39, 0.29) is 5.82 Å². The third-order valence-electron chi connectivity index (χ3n) is 3.17. The highest BCUT2D eigenvalue weighted by Crippen LogP contribution is 2.36. The summed E-state index contributed by atoms with van der Waals surface area (Å²) in [6.45, 7) is 2.01. The van der Waals surface area contributed by atoms with E-state index in [1.54, 1.807) is 12.1 Å². The molecule has 0 saturated carbocycles. The van der Waals surface area contributed by atoms with Crippen LogP contribution in [0.1, 0.15) is 5.56 Å². The average molecular weight is 268 g/mol. The van der Waals surface area contributed by atoms with Crippen molar-refractivity contribution in [3.63, 3.8) is 0 Å². The van der Waals surface area contributed by atoms with Crippen molar-refractivity contribution >= 4 is 5.82 Å². The van der Waals surface area contributed by atoms with Gasteiger partial charge in [-0.05, 0) is 24.6 Å².